The predicted molar refractivity (Wildman–Crippen MR) is 87.6 cm³/mol. The van der Waals surface area contributed by atoms with E-state index in [1.807, 2.05) is 7.05 Å². The summed E-state index contributed by atoms with van der Waals surface area (Å²) in [7, 11) is 1.91. The Kier molecular flexibility index (Phi) is 6.77. The van der Waals surface area contributed by atoms with E-state index in [-0.39, 0.29) is 24.0 Å². The maximum Gasteiger partial charge on any atom is 0.273 e. The van der Waals surface area contributed by atoms with Crippen molar-refractivity contribution in [2.24, 2.45) is 5.92 Å². The van der Waals surface area contributed by atoms with Crippen molar-refractivity contribution in [2.45, 2.75) is 19.8 Å². The number of nitro benzene ring substituents is 1. The van der Waals surface area contributed by atoms with Gasteiger partial charge in [0.2, 0.25) is 0 Å². The molecule has 0 bridgehead atoms. The molecule has 0 aromatic heterocycles. The molecule has 1 saturated heterocycles. The van der Waals surface area contributed by atoms with Crippen molar-refractivity contribution in [3.8, 4) is 0 Å². The number of benzene rings is 1. The molecule has 0 spiro atoms. The Bertz CT molecular complexity index is 549. The molecule has 0 radical (unpaired) electrons. The molecule has 1 fully saturated rings. The smallest absolute Gasteiger partial charge is 0.273 e. The Morgan fingerprint density at radius 1 is 1.50 bits per heavy atom. The van der Waals surface area contributed by atoms with Crippen LogP contribution in [0.1, 0.15) is 28.8 Å². The zero-order valence-electron chi connectivity index (χ0n) is 12.9. The minimum Gasteiger partial charge on any atom is -0.338 e. The van der Waals surface area contributed by atoms with E-state index in [1.54, 1.807) is 24.0 Å². The number of nitrogens with one attached hydrogen (secondary N) is 1. The van der Waals surface area contributed by atoms with Crippen LogP contribution in [0.25, 0.3) is 0 Å². The Labute approximate surface area is 136 Å². The Hall–Kier alpha value is -1.66. The van der Waals surface area contributed by atoms with Gasteiger partial charge in [0.25, 0.3) is 11.6 Å². The third-order valence-electron chi connectivity index (χ3n) is 3.95. The molecule has 122 valence electrons. The van der Waals surface area contributed by atoms with Gasteiger partial charge in [-0.1, -0.05) is 6.07 Å². The van der Waals surface area contributed by atoms with E-state index >= 15 is 0 Å². The molecule has 1 aliphatic heterocycles. The molecule has 6 nitrogen and oxygen atoms in total. The van der Waals surface area contributed by atoms with Crippen molar-refractivity contribution in [1.82, 2.24) is 10.2 Å². The number of rotatable bonds is 4. The highest BCUT2D eigenvalue weighted by Gasteiger charge is 2.25. The minimum atomic E-state index is -0.438. The van der Waals surface area contributed by atoms with Gasteiger partial charge in [0.15, 0.2) is 0 Å². The topological polar surface area (TPSA) is 75.5 Å². The molecule has 7 heteroatoms. The quantitative estimate of drug-likeness (QED) is 0.680. The normalized spacial score (nSPS) is 17.7. The van der Waals surface area contributed by atoms with E-state index < -0.39 is 4.92 Å². The number of carbonyl (C=O) groups excluding carboxylic acids is 1. The minimum absolute atomic E-state index is 0. The fourth-order valence-corrected chi connectivity index (χ4v) is 2.83. The number of likely N-dealkylation sites (tertiary alicyclic amines) is 1. The zero-order chi connectivity index (χ0) is 15.4. The Morgan fingerprint density at radius 2 is 2.23 bits per heavy atom. The van der Waals surface area contributed by atoms with Gasteiger partial charge in [0.1, 0.15) is 0 Å². The average molecular weight is 328 g/mol. The highest BCUT2D eigenvalue weighted by atomic mass is 35.5. The molecule has 1 unspecified atom stereocenters. The standard InChI is InChI=1S/C15H21N3O3.ClH/c1-11-5-6-13(8-14(11)18(20)21)15(19)17-7-3-4-12(10-17)9-16-2;/h5-6,8,12,16H,3-4,7,9-10H2,1-2H3;1H. The zero-order valence-corrected chi connectivity index (χ0v) is 13.7. The molecular formula is C15H22ClN3O3. The first-order valence-corrected chi connectivity index (χ1v) is 7.22. The summed E-state index contributed by atoms with van der Waals surface area (Å²) in [6.45, 7) is 4.00. The van der Waals surface area contributed by atoms with Crippen LogP contribution >= 0.6 is 12.4 Å². The SMILES string of the molecule is CNCC1CCCN(C(=O)c2ccc(C)c([N+](=O)[O-])c2)C1.Cl. The fourth-order valence-electron chi connectivity index (χ4n) is 2.83. The first kappa shape index (κ1) is 18.4. The van der Waals surface area contributed by atoms with Crippen LogP contribution in [0, 0.1) is 23.0 Å². The van der Waals surface area contributed by atoms with Gasteiger partial charge in [-0.15, -0.1) is 12.4 Å². The second-order valence-electron chi connectivity index (χ2n) is 5.58. The molecule has 22 heavy (non-hydrogen) atoms. The van der Waals surface area contributed by atoms with Crippen molar-refractivity contribution in [3.63, 3.8) is 0 Å². The molecule has 1 aromatic carbocycles. The van der Waals surface area contributed by atoms with Gasteiger partial charge in [-0.05, 0) is 45.3 Å². The molecule has 1 aliphatic rings. The summed E-state index contributed by atoms with van der Waals surface area (Å²) in [6.07, 6.45) is 2.09. The van der Waals surface area contributed by atoms with Crippen molar-refractivity contribution < 1.29 is 9.72 Å². The van der Waals surface area contributed by atoms with Gasteiger partial charge in [0.05, 0.1) is 4.92 Å². The number of carbonyl (C=O) groups is 1. The largest absolute Gasteiger partial charge is 0.338 e. The van der Waals surface area contributed by atoms with Crippen molar-refractivity contribution in [1.29, 1.82) is 0 Å². The molecule has 1 amide bonds. The summed E-state index contributed by atoms with van der Waals surface area (Å²) in [4.78, 5) is 24.9. The summed E-state index contributed by atoms with van der Waals surface area (Å²) in [5.41, 5.74) is 0.977. The van der Waals surface area contributed by atoms with Gasteiger partial charge >= 0.3 is 0 Å². The van der Waals surface area contributed by atoms with Gasteiger partial charge in [-0.2, -0.15) is 0 Å². The molecule has 1 atom stereocenters. The summed E-state index contributed by atoms with van der Waals surface area (Å²) in [5, 5.41) is 14.1. The number of nitrogens with zero attached hydrogens (tertiary/aromatic N) is 2. The molecule has 0 saturated carbocycles. The van der Waals surface area contributed by atoms with Crippen LogP contribution in [0.4, 0.5) is 5.69 Å². The van der Waals surface area contributed by atoms with Crippen molar-refractivity contribution >= 4 is 24.0 Å². The maximum atomic E-state index is 12.5. The van der Waals surface area contributed by atoms with Gasteiger partial charge in [-0.25, -0.2) is 0 Å². The highest BCUT2D eigenvalue weighted by molar-refractivity contribution is 5.95. The van der Waals surface area contributed by atoms with Gasteiger partial charge in [0, 0.05) is 30.3 Å². The monoisotopic (exact) mass is 327 g/mol. The molecular weight excluding hydrogens is 306 g/mol. The Balaban J connectivity index is 0.00000242. The molecule has 1 heterocycles. The van der Waals surface area contributed by atoms with Crippen LogP contribution in [-0.2, 0) is 0 Å². The van der Waals surface area contributed by atoms with Gasteiger partial charge < -0.3 is 10.2 Å². The predicted octanol–water partition coefficient (Wildman–Crippen LogP) is 2.40. The van der Waals surface area contributed by atoms with Crippen LogP contribution < -0.4 is 5.32 Å². The number of amides is 1. The van der Waals surface area contributed by atoms with E-state index in [4.69, 9.17) is 0 Å². The third kappa shape index (κ3) is 4.18. The highest BCUT2D eigenvalue weighted by Crippen LogP contribution is 2.22. The van der Waals surface area contributed by atoms with Crippen LogP contribution in [-0.4, -0.2) is 42.4 Å². The molecule has 0 aliphatic carbocycles. The second kappa shape index (κ2) is 8.10. The van der Waals surface area contributed by atoms with Gasteiger partial charge in [-0.3, -0.25) is 14.9 Å². The number of halogens is 1. The molecule has 1 N–H and O–H groups in total. The van der Waals surface area contributed by atoms with E-state index in [0.717, 1.165) is 25.9 Å². The number of nitro groups is 1. The number of piperidine rings is 1. The summed E-state index contributed by atoms with van der Waals surface area (Å²) >= 11 is 0. The maximum absolute atomic E-state index is 12.5. The molecule has 1 aromatic rings. The summed E-state index contributed by atoms with van der Waals surface area (Å²) < 4.78 is 0. The van der Waals surface area contributed by atoms with E-state index in [1.165, 1.54) is 6.07 Å². The Morgan fingerprint density at radius 3 is 2.86 bits per heavy atom. The van der Waals surface area contributed by atoms with Crippen LogP contribution in [0.2, 0.25) is 0 Å². The summed E-state index contributed by atoms with van der Waals surface area (Å²) in [5.74, 6) is 0.340. The van der Waals surface area contributed by atoms with E-state index in [2.05, 4.69) is 5.32 Å². The lowest BCUT2D eigenvalue weighted by atomic mass is 9.97. The lowest BCUT2D eigenvalue weighted by molar-refractivity contribution is -0.385. The van der Waals surface area contributed by atoms with Crippen LogP contribution in [0.5, 0.6) is 0 Å². The van der Waals surface area contributed by atoms with Crippen molar-refractivity contribution in [2.75, 3.05) is 26.7 Å². The first-order chi connectivity index (χ1) is 10.0. The number of hydrogen-bond acceptors (Lipinski definition) is 4. The number of hydrogen-bond donors (Lipinski definition) is 1. The third-order valence-corrected chi connectivity index (χ3v) is 3.95. The van der Waals surface area contributed by atoms with E-state index in [9.17, 15) is 14.9 Å². The lowest BCUT2D eigenvalue weighted by Crippen LogP contribution is -2.42. The lowest BCUT2D eigenvalue weighted by Gasteiger charge is -2.32. The summed E-state index contributed by atoms with van der Waals surface area (Å²) in [6, 6.07) is 4.70. The second-order valence-corrected chi connectivity index (χ2v) is 5.58. The van der Waals surface area contributed by atoms with E-state index in [0.29, 0.717) is 23.6 Å². The van der Waals surface area contributed by atoms with Crippen LogP contribution in [0.3, 0.4) is 0 Å². The molecule has 2 rings (SSSR count). The average Bonchev–Trinajstić information content (AvgIpc) is 2.47. The van der Waals surface area contributed by atoms with Crippen LogP contribution in [0.15, 0.2) is 18.2 Å². The first-order valence-electron chi connectivity index (χ1n) is 7.22. The number of aryl methyl sites for hydroxylation is 1. The fraction of sp³-hybridized carbons (Fsp3) is 0.533. The van der Waals surface area contributed by atoms with Crippen molar-refractivity contribution in [3.05, 3.63) is 39.4 Å².